The van der Waals surface area contributed by atoms with Gasteiger partial charge in [0, 0.05) is 16.6 Å². The molecule has 0 radical (unpaired) electrons. The second-order valence-corrected chi connectivity index (χ2v) is 7.92. The second kappa shape index (κ2) is 7.78. The molecule has 1 aromatic carbocycles. The van der Waals surface area contributed by atoms with E-state index in [4.69, 9.17) is 0 Å². The van der Waals surface area contributed by atoms with Gasteiger partial charge in [0.15, 0.2) is 5.65 Å². The van der Waals surface area contributed by atoms with Crippen LogP contribution in [0.15, 0.2) is 47.1 Å². The van der Waals surface area contributed by atoms with Crippen molar-refractivity contribution in [2.75, 3.05) is 25.0 Å². The molecule has 0 saturated carbocycles. The first kappa shape index (κ1) is 18.1. The van der Waals surface area contributed by atoms with Gasteiger partial charge in [0.25, 0.3) is 0 Å². The standard InChI is InChI=1S/C20H22BrN5O/c1-14-5-6-17(16(21)12-14)22-19(27)13-25-10-7-15(8-11-25)20-24-23-18-4-2-3-9-26(18)20/h2-6,9,12,15H,7-8,10-11,13H2,1H3,(H,22,27). The minimum atomic E-state index is 0.0194. The molecular weight excluding hydrogens is 406 g/mol. The van der Waals surface area contributed by atoms with Crippen LogP contribution in [0.2, 0.25) is 0 Å². The summed E-state index contributed by atoms with van der Waals surface area (Å²) in [7, 11) is 0. The van der Waals surface area contributed by atoms with Crippen LogP contribution in [0.1, 0.15) is 30.1 Å². The molecule has 1 fully saturated rings. The predicted octanol–water partition coefficient (Wildman–Crippen LogP) is 3.62. The van der Waals surface area contributed by atoms with Crippen molar-refractivity contribution < 1.29 is 4.79 Å². The molecule has 4 rings (SSSR count). The number of anilines is 1. The van der Waals surface area contributed by atoms with Gasteiger partial charge in [-0.15, -0.1) is 10.2 Å². The molecule has 0 atom stereocenters. The van der Waals surface area contributed by atoms with Gasteiger partial charge in [-0.05, 0) is 78.6 Å². The molecule has 3 heterocycles. The van der Waals surface area contributed by atoms with Gasteiger partial charge in [-0.1, -0.05) is 12.1 Å². The Balaban J connectivity index is 1.33. The van der Waals surface area contributed by atoms with E-state index in [1.165, 1.54) is 0 Å². The van der Waals surface area contributed by atoms with Crippen molar-refractivity contribution in [2.45, 2.75) is 25.7 Å². The van der Waals surface area contributed by atoms with Crippen molar-refractivity contribution in [3.63, 3.8) is 0 Å². The predicted molar refractivity (Wildman–Crippen MR) is 109 cm³/mol. The number of halogens is 1. The Kier molecular flexibility index (Phi) is 5.22. The SMILES string of the molecule is Cc1ccc(NC(=O)CN2CCC(c3nnc4ccccn34)CC2)c(Br)c1. The largest absolute Gasteiger partial charge is 0.324 e. The molecule has 1 amide bonds. The zero-order valence-corrected chi connectivity index (χ0v) is 16.8. The summed E-state index contributed by atoms with van der Waals surface area (Å²) < 4.78 is 2.98. The van der Waals surface area contributed by atoms with E-state index in [1.54, 1.807) is 0 Å². The van der Waals surface area contributed by atoms with Crippen molar-refractivity contribution in [3.8, 4) is 0 Å². The number of aromatic nitrogens is 3. The highest BCUT2D eigenvalue weighted by atomic mass is 79.9. The van der Waals surface area contributed by atoms with Gasteiger partial charge in [-0.3, -0.25) is 14.1 Å². The van der Waals surface area contributed by atoms with E-state index in [2.05, 4.69) is 40.7 Å². The lowest BCUT2D eigenvalue weighted by Gasteiger charge is -2.30. The average molecular weight is 428 g/mol. The molecule has 140 valence electrons. The highest BCUT2D eigenvalue weighted by Crippen LogP contribution is 2.27. The van der Waals surface area contributed by atoms with Crippen molar-refractivity contribution in [1.82, 2.24) is 19.5 Å². The fourth-order valence-corrected chi connectivity index (χ4v) is 4.19. The monoisotopic (exact) mass is 427 g/mol. The highest BCUT2D eigenvalue weighted by Gasteiger charge is 2.25. The van der Waals surface area contributed by atoms with Gasteiger partial charge < -0.3 is 5.32 Å². The average Bonchev–Trinajstić information content (AvgIpc) is 3.09. The number of pyridine rings is 1. The van der Waals surface area contributed by atoms with Gasteiger partial charge in [0.2, 0.25) is 5.91 Å². The topological polar surface area (TPSA) is 62.5 Å². The number of carbonyl (C=O) groups excluding carboxylic acids is 1. The maximum Gasteiger partial charge on any atom is 0.238 e. The van der Waals surface area contributed by atoms with Gasteiger partial charge >= 0.3 is 0 Å². The number of nitrogens with one attached hydrogen (secondary N) is 1. The van der Waals surface area contributed by atoms with Crippen molar-refractivity contribution in [1.29, 1.82) is 0 Å². The van der Waals surface area contributed by atoms with Crippen LogP contribution in [0.5, 0.6) is 0 Å². The molecule has 1 aliphatic heterocycles. The van der Waals surface area contributed by atoms with Crippen LogP contribution in [0.3, 0.4) is 0 Å². The number of amides is 1. The maximum atomic E-state index is 12.4. The number of rotatable bonds is 4. The molecule has 0 unspecified atom stereocenters. The molecule has 0 spiro atoms. The van der Waals surface area contributed by atoms with Crippen LogP contribution in [0.25, 0.3) is 5.65 Å². The Morgan fingerprint density at radius 3 is 2.81 bits per heavy atom. The Hall–Kier alpha value is -2.25. The van der Waals surface area contributed by atoms with Crippen LogP contribution >= 0.6 is 15.9 Å². The minimum absolute atomic E-state index is 0.0194. The fraction of sp³-hybridized carbons (Fsp3) is 0.350. The third kappa shape index (κ3) is 4.04. The molecule has 6 nitrogen and oxygen atoms in total. The van der Waals surface area contributed by atoms with E-state index in [0.717, 1.165) is 53.1 Å². The number of hydrogen-bond acceptors (Lipinski definition) is 4. The summed E-state index contributed by atoms with van der Waals surface area (Å²) in [5, 5.41) is 11.6. The second-order valence-electron chi connectivity index (χ2n) is 7.07. The lowest BCUT2D eigenvalue weighted by molar-refractivity contribution is -0.117. The van der Waals surface area contributed by atoms with E-state index in [9.17, 15) is 4.79 Å². The third-order valence-corrected chi connectivity index (χ3v) is 5.71. The van der Waals surface area contributed by atoms with Crippen LogP contribution in [0.4, 0.5) is 5.69 Å². The molecule has 0 bridgehead atoms. The normalized spacial score (nSPS) is 15.9. The van der Waals surface area contributed by atoms with Crippen LogP contribution in [-0.4, -0.2) is 45.0 Å². The molecule has 1 aliphatic rings. The number of hydrogen-bond donors (Lipinski definition) is 1. The first-order valence-electron chi connectivity index (χ1n) is 9.18. The minimum Gasteiger partial charge on any atom is -0.324 e. The summed E-state index contributed by atoms with van der Waals surface area (Å²) >= 11 is 3.51. The molecular formula is C20H22BrN5O. The van der Waals surface area contributed by atoms with E-state index in [-0.39, 0.29) is 5.91 Å². The van der Waals surface area contributed by atoms with Gasteiger partial charge in [-0.2, -0.15) is 0 Å². The number of aryl methyl sites for hydroxylation is 1. The van der Waals surface area contributed by atoms with Gasteiger partial charge in [-0.25, -0.2) is 0 Å². The summed E-state index contributed by atoms with van der Waals surface area (Å²) in [6.45, 7) is 4.20. The third-order valence-electron chi connectivity index (χ3n) is 5.06. The molecule has 1 N–H and O–H groups in total. The molecule has 3 aromatic rings. The molecule has 1 saturated heterocycles. The lowest BCUT2D eigenvalue weighted by atomic mass is 9.96. The zero-order chi connectivity index (χ0) is 18.8. The first-order chi connectivity index (χ1) is 13.1. The van der Waals surface area contributed by atoms with Crippen LogP contribution < -0.4 is 5.32 Å². The number of fused-ring (bicyclic) bond motifs is 1. The number of benzene rings is 1. The van der Waals surface area contributed by atoms with Crippen molar-refractivity contribution in [3.05, 3.63) is 58.5 Å². The molecule has 0 aliphatic carbocycles. The van der Waals surface area contributed by atoms with E-state index in [1.807, 2.05) is 49.5 Å². The van der Waals surface area contributed by atoms with E-state index < -0.39 is 0 Å². The van der Waals surface area contributed by atoms with Crippen LogP contribution in [-0.2, 0) is 4.79 Å². The van der Waals surface area contributed by atoms with Crippen molar-refractivity contribution >= 4 is 33.2 Å². The molecule has 2 aromatic heterocycles. The fourth-order valence-electron chi connectivity index (χ4n) is 3.60. The first-order valence-corrected chi connectivity index (χ1v) is 9.97. The smallest absolute Gasteiger partial charge is 0.238 e. The van der Waals surface area contributed by atoms with Gasteiger partial charge in [0.05, 0.1) is 12.2 Å². The Morgan fingerprint density at radius 2 is 2.04 bits per heavy atom. The van der Waals surface area contributed by atoms with Crippen molar-refractivity contribution in [2.24, 2.45) is 0 Å². The van der Waals surface area contributed by atoms with E-state index >= 15 is 0 Å². The number of piperidine rings is 1. The Bertz CT molecular complexity index is 962. The summed E-state index contributed by atoms with van der Waals surface area (Å²) in [6, 6.07) is 11.9. The highest BCUT2D eigenvalue weighted by molar-refractivity contribution is 9.10. The lowest BCUT2D eigenvalue weighted by Crippen LogP contribution is -2.39. The summed E-state index contributed by atoms with van der Waals surface area (Å²) in [5.74, 6) is 1.43. The van der Waals surface area contributed by atoms with E-state index in [0.29, 0.717) is 12.5 Å². The van der Waals surface area contributed by atoms with Crippen LogP contribution in [0, 0.1) is 6.92 Å². The summed E-state index contributed by atoms with van der Waals surface area (Å²) in [5.41, 5.74) is 2.86. The quantitative estimate of drug-likeness (QED) is 0.690. The van der Waals surface area contributed by atoms with Gasteiger partial charge in [0.1, 0.15) is 5.82 Å². The Labute approximate surface area is 166 Å². The molecule has 7 heteroatoms. The zero-order valence-electron chi connectivity index (χ0n) is 15.2. The number of nitrogens with zero attached hydrogens (tertiary/aromatic N) is 4. The maximum absolute atomic E-state index is 12.4. The number of likely N-dealkylation sites (tertiary alicyclic amines) is 1. The summed E-state index contributed by atoms with van der Waals surface area (Å²) in [6.07, 6.45) is 3.98. The summed E-state index contributed by atoms with van der Waals surface area (Å²) in [4.78, 5) is 14.6. The Morgan fingerprint density at radius 1 is 1.22 bits per heavy atom. The molecule has 27 heavy (non-hydrogen) atoms. The number of carbonyl (C=O) groups is 1.